The number of rotatable bonds is 7. The minimum absolute atomic E-state index is 0.263. The summed E-state index contributed by atoms with van der Waals surface area (Å²) in [5.74, 6) is -1.30. The van der Waals surface area contributed by atoms with Crippen molar-refractivity contribution in [1.82, 2.24) is 9.78 Å². The third kappa shape index (κ3) is 6.09. The van der Waals surface area contributed by atoms with Gasteiger partial charge in [-0.3, -0.25) is 14.9 Å². The number of nitrogens with zero attached hydrogens (tertiary/aromatic N) is 3. The Morgan fingerprint density at radius 1 is 1.11 bits per heavy atom. The fraction of sp³-hybridized carbons (Fsp3) is 0.261. The number of hydrogen-bond acceptors (Lipinski definition) is 8. The third-order valence-corrected chi connectivity index (χ3v) is 6.02. The molecule has 0 radical (unpaired) electrons. The van der Waals surface area contributed by atoms with Crippen LogP contribution in [0.3, 0.4) is 0 Å². The molecule has 11 nitrogen and oxygen atoms in total. The Morgan fingerprint density at radius 2 is 1.77 bits per heavy atom. The van der Waals surface area contributed by atoms with E-state index in [1.807, 2.05) is 51.1 Å². The first-order chi connectivity index (χ1) is 16.3. The molecular weight excluding hydrogens is 476 g/mol. The van der Waals surface area contributed by atoms with E-state index in [4.69, 9.17) is 4.74 Å². The van der Waals surface area contributed by atoms with Gasteiger partial charge in [0.15, 0.2) is 16.4 Å². The van der Waals surface area contributed by atoms with Crippen LogP contribution in [0.1, 0.15) is 36.8 Å². The van der Waals surface area contributed by atoms with E-state index in [1.165, 1.54) is 0 Å². The first kappa shape index (κ1) is 25.6. The molecule has 12 heteroatoms. The minimum atomic E-state index is -3.88. The molecule has 0 unspecified atom stereocenters. The summed E-state index contributed by atoms with van der Waals surface area (Å²) in [6.45, 7) is 5.26. The number of ether oxygens (including phenoxy) is 1. The van der Waals surface area contributed by atoms with Crippen molar-refractivity contribution in [3.8, 4) is 5.69 Å². The number of carbonyl (C=O) groups is 2. The average Bonchev–Trinajstić information content (AvgIpc) is 3.21. The zero-order chi connectivity index (χ0) is 26.0. The highest BCUT2D eigenvalue weighted by molar-refractivity contribution is 7.90. The highest BCUT2D eigenvalue weighted by Crippen LogP contribution is 2.27. The standard InChI is InChI=1S/C23H24N4O7S/c1-23(2,3)19-13-20(26(25-19)16-8-6-5-7-9-16)24-21(28)14-34-22(29)15-10-11-18(35(4,32)33)17(12-15)27(30)31/h5-13H,14H2,1-4H3,(H,24,28). The number of amides is 1. The first-order valence-electron chi connectivity index (χ1n) is 10.4. The SMILES string of the molecule is CC(C)(C)c1cc(NC(=O)COC(=O)c2ccc(S(C)(=O)=O)c([N+](=O)[O-])c2)n(-c2ccccc2)n1. The number of nitrogens with one attached hydrogen (secondary N) is 1. The minimum Gasteiger partial charge on any atom is -0.452 e. The Bertz CT molecular complexity index is 1390. The monoisotopic (exact) mass is 500 g/mol. The molecule has 35 heavy (non-hydrogen) atoms. The van der Waals surface area contributed by atoms with Crippen LogP contribution in [0.5, 0.6) is 0 Å². The Hall–Kier alpha value is -4.06. The number of nitro benzene ring substituents is 1. The van der Waals surface area contributed by atoms with Crippen molar-refractivity contribution < 1.29 is 27.7 Å². The maximum Gasteiger partial charge on any atom is 0.338 e. The van der Waals surface area contributed by atoms with Crippen molar-refractivity contribution in [3.63, 3.8) is 0 Å². The molecule has 3 aromatic rings. The molecule has 0 aliphatic carbocycles. The van der Waals surface area contributed by atoms with Gasteiger partial charge in [-0.1, -0.05) is 39.0 Å². The topological polar surface area (TPSA) is 150 Å². The predicted octanol–water partition coefficient (Wildman–Crippen LogP) is 3.28. The molecule has 0 saturated heterocycles. The van der Waals surface area contributed by atoms with E-state index in [-0.39, 0.29) is 11.0 Å². The smallest absolute Gasteiger partial charge is 0.338 e. The van der Waals surface area contributed by atoms with Gasteiger partial charge in [-0.2, -0.15) is 5.10 Å². The average molecular weight is 501 g/mol. The second kappa shape index (κ2) is 9.66. The van der Waals surface area contributed by atoms with Crippen molar-refractivity contribution in [1.29, 1.82) is 0 Å². The highest BCUT2D eigenvalue weighted by Gasteiger charge is 2.25. The second-order valence-corrected chi connectivity index (χ2v) is 10.7. The normalized spacial score (nSPS) is 11.7. The van der Waals surface area contributed by atoms with Crippen molar-refractivity contribution >= 4 is 33.2 Å². The molecule has 1 heterocycles. The van der Waals surface area contributed by atoms with Gasteiger partial charge in [-0.15, -0.1) is 0 Å². The molecule has 0 aliphatic heterocycles. The lowest BCUT2D eigenvalue weighted by atomic mass is 9.92. The van der Waals surface area contributed by atoms with E-state index < -0.39 is 43.8 Å². The molecule has 1 amide bonds. The van der Waals surface area contributed by atoms with Crippen LogP contribution in [-0.2, 0) is 24.8 Å². The summed E-state index contributed by atoms with van der Waals surface area (Å²) in [5.41, 5.74) is 0.133. The lowest BCUT2D eigenvalue weighted by Gasteiger charge is -2.14. The molecule has 184 valence electrons. The van der Waals surface area contributed by atoms with Crippen molar-refractivity contribution in [2.75, 3.05) is 18.2 Å². The van der Waals surface area contributed by atoms with Gasteiger partial charge in [0.1, 0.15) is 10.7 Å². The van der Waals surface area contributed by atoms with Crippen LogP contribution >= 0.6 is 0 Å². The van der Waals surface area contributed by atoms with Gasteiger partial charge >= 0.3 is 5.97 Å². The van der Waals surface area contributed by atoms with E-state index >= 15 is 0 Å². The Balaban J connectivity index is 1.77. The molecule has 0 bridgehead atoms. The summed E-state index contributed by atoms with van der Waals surface area (Å²) in [5, 5.41) is 18.5. The zero-order valence-corrected chi connectivity index (χ0v) is 20.3. The number of sulfone groups is 1. The fourth-order valence-electron chi connectivity index (χ4n) is 3.10. The van der Waals surface area contributed by atoms with Crippen LogP contribution in [0.15, 0.2) is 59.5 Å². The Labute approximate surface area is 201 Å². The first-order valence-corrected chi connectivity index (χ1v) is 12.3. The largest absolute Gasteiger partial charge is 0.452 e. The molecule has 1 N–H and O–H groups in total. The summed E-state index contributed by atoms with van der Waals surface area (Å²) in [4.78, 5) is 34.7. The fourth-order valence-corrected chi connectivity index (χ4v) is 3.93. The van der Waals surface area contributed by atoms with Gasteiger partial charge < -0.3 is 10.1 Å². The number of benzene rings is 2. The lowest BCUT2D eigenvalue weighted by Crippen LogP contribution is -2.22. The molecule has 0 saturated carbocycles. The van der Waals surface area contributed by atoms with E-state index in [2.05, 4.69) is 10.4 Å². The summed E-state index contributed by atoms with van der Waals surface area (Å²) >= 11 is 0. The van der Waals surface area contributed by atoms with Crippen molar-refractivity contribution in [2.24, 2.45) is 0 Å². The Kier molecular flexibility index (Phi) is 7.06. The van der Waals surface area contributed by atoms with Gasteiger partial charge in [-0.05, 0) is 24.3 Å². The van der Waals surface area contributed by atoms with Crippen LogP contribution in [0, 0.1) is 10.1 Å². The molecule has 3 rings (SSSR count). The quantitative estimate of drug-likeness (QED) is 0.295. The van der Waals surface area contributed by atoms with Gasteiger partial charge in [0, 0.05) is 23.8 Å². The van der Waals surface area contributed by atoms with Gasteiger partial charge in [0.05, 0.1) is 21.9 Å². The van der Waals surface area contributed by atoms with Crippen LogP contribution in [0.25, 0.3) is 5.69 Å². The number of carbonyl (C=O) groups excluding carboxylic acids is 2. The molecule has 1 aromatic heterocycles. The number of para-hydroxylation sites is 1. The Morgan fingerprint density at radius 3 is 2.34 bits per heavy atom. The highest BCUT2D eigenvalue weighted by atomic mass is 32.2. The molecule has 0 spiro atoms. The lowest BCUT2D eigenvalue weighted by molar-refractivity contribution is -0.387. The predicted molar refractivity (Wildman–Crippen MR) is 127 cm³/mol. The van der Waals surface area contributed by atoms with E-state index in [0.717, 1.165) is 30.1 Å². The van der Waals surface area contributed by atoms with Crippen LogP contribution < -0.4 is 5.32 Å². The van der Waals surface area contributed by atoms with Crippen LogP contribution in [0.4, 0.5) is 11.5 Å². The third-order valence-electron chi connectivity index (χ3n) is 4.87. The van der Waals surface area contributed by atoms with E-state index in [0.29, 0.717) is 11.5 Å². The molecular formula is C23H24N4O7S. The van der Waals surface area contributed by atoms with Crippen LogP contribution in [0.2, 0.25) is 0 Å². The van der Waals surface area contributed by atoms with Crippen molar-refractivity contribution in [3.05, 3.63) is 76.0 Å². The number of anilines is 1. The second-order valence-electron chi connectivity index (χ2n) is 8.75. The number of aromatic nitrogens is 2. The molecule has 0 atom stereocenters. The van der Waals surface area contributed by atoms with Crippen molar-refractivity contribution in [2.45, 2.75) is 31.1 Å². The molecule has 0 fully saturated rings. The van der Waals surface area contributed by atoms with Crippen LogP contribution in [-0.4, -0.2) is 47.9 Å². The number of hydrogen-bond donors (Lipinski definition) is 1. The van der Waals surface area contributed by atoms with Gasteiger partial charge in [0.25, 0.3) is 11.6 Å². The number of nitro groups is 1. The molecule has 2 aromatic carbocycles. The number of esters is 1. The maximum absolute atomic E-state index is 12.5. The van der Waals surface area contributed by atoms with Gasteiger partial charge in [-0.25, -0.2) is 17.9 Å². The summed E-state index contributed by atoms with van der Waals surface area (Å²) in [6, 6.07) is 13.7. The summed E-state index contributed by atoms with van der Waals surface area (Å²) in [7, 11) is -3.88. The van der Waals surface area contributed by atoms with E-state index in [9.17, 15) is 28.1 Å². The van der Waals surface area contributed by atoms with Gasteiger partial charge in [0.2, 0.25) is 0 Å². The zero-order valence-electron chi connectivity index (χ0n) is 19.5. The maximum atomic E-state index is 12.5. The molecule has 0 aliphatic rings. The summed E-state index contributed by atoms with van der Waals surface area (Å²) < 4.78 is 30.0. The van der Waals surface area contributed by atoms with E-state index in [1.54, 1.807) is 10.7 Å². The summed E-state index contributed by atoms with van der Waals surface area (Å²) in [6.07, 6.45) is 0.822.